The van der Waals surface area contributed by atoms with E-state index in [1.54, 1.807) is 13.2 Å². The Morgan fingerprint density at radius 2 is 2.00 bits per heavy atom. The zero-order valence-corrected chi connectivity index (χ0v) is 18.9. The Labute approximate surface area is 183 Å². The highest BCUT2D eigenvalue weighted by molar-refractivity contribution is 5.79. The van der Waals surface area contributed by atoms with Crippen molar-refractivity contribution >= 4 is 16.9 Å². The van der Waals surface area contributed by atoms with Crippen molar-refractivity contribution in [2.75, 3.05) is 13.7 Å². The standard InChI is InChI=1S/C25H32FN3O2/c1-5-13-29-22-11-7-10-21(26)25(22)27-23(29)17-28(14-12-18(2)3)24(30)16-19-8-6-9-20(15-19)31-4/h6-11,15,18H,5,12-14,16-17H2,1-4H3. The number of imidazole rings is 1. The minimum absolute atomic E-state index is 0.0319. The summed E-state index contributed by atoms with van der Waals surface area (Å²) in [6.07, 6.45) is 2.09. The molecule has 0 saturated carbocycles. The maximum atomic E-state index is 14.4. The summed E-state index contributed by atoms with van der Waals surface area (Å²) in [7, 11) is 1.62. The van der Waals surface area contributed by atoms with Gasteiger partial charge >= 0.3 is 0 Å². The maximum Gasteiger partial charge on any atom is 0.227 e. The molecular weight excluding hydrogens is 393 g/mol. The first-order chi connectivity index (χ1) is 14.9. The third-order valence-corrected chi connectivity index (χ3v) is 5.41. The van der Waals surface area contributed by atoms with E-state index in [1.807, 2.05) is 39.8 Å². The van der Waals surface area contributed by atoms with Crippen molar-refractivity contribution in [1.29, 1.82) is 0 Å². The highest BCUT2D eigenvalue weighted by Crippen LogP contribution is 2.22. The lowest BCUT2D eigenvalue weighted by atomic mass is 10.1. The monoisotopic (exact) mass is 425 g/mol. The summed E-state index contributed by atoms with van der Waals surface area (Å²) < 4.78 is 21.7. The molecule has 31 heavy (non-hydrogen) atoms. The summed E-state index contributed by atoms with van der Waals surface area (Å²) in [6, 6.07) is 12.6. The number of hydrogen-bond donors (Lipinski definition) is 0. The zero-order valence-electron chi connectivity index (χ0n) is 18.9. The van der Waals surface area contributed by atoms with Gasteiger partial charge < -0.3 is 14.2 Å². The minimum Gasteiger partial charge on any atom is -0.497 e. The molecule has 1 amide bonds. The maximum absolute atomic E-state index is 14.4. The number of ether oxygens (including phenoxy) is 1. The first-order valence-corrected chi connectivity index (χ1v) is 11.0. The van der Waals surface area contributed by atoms with Gasteiger partial charge in [0.15, 0.2) is 5.82 Å². The van der Waals surface area contributed by atoms with Gasteiger partial charge in [-0.15, -0.1) is 0 Å². The van der Waals surface area contributed by atoms with E-state index >= 15 is 0 Å². The van der Waals surface area contributed by atoms with E-state index in [9.17, 15) is 9.18 Å². The molecule has 5 nitrogen and oxygen atoms in total. The highest BCUT2D eigenvalue weighted by atomic mass is 19.1. The van der Waals surface area contributed by atoms with E-state index in [-0.39, 0.29) is 18.1 Å². The minimum atomic E-state index is -0.329. The van der Waals surface area contributed by atoms with Gasteiger partial charge in [0.2, 0.25) is 5.91 Å². The molecule has 0 aliphatic heterocycles. The van der Waals surface area contributed by atoms with Crippen LogP contribution in [-0.4, -0.2) is 34.0 Å². The van der Waals surface area contributed by atoms with Crippen LogP contribution >= 0.6 is 0 Å². The Morgan fingerprint density at radius 1 is 1.23 bits per heavy atom. The third-order valence-electron chi connectivity index (χ3n) is 5.41. The van der Waals surface area contributed by atoms with E-state index in [4.69, 9.17) is 4.74 Å². The van der Waals surface area contributed by atoms with E-state index < -0.39 is 0 Å². The SMILES string of the molecule is CCCn1c(CN(CCC(C)C)C(=O)Cc2cccc(OC)c2)nc2c(F)cccc21. The number of methoxy groups -OCH3 is 1. The van der Waals surface area contributed by atoms with Crippen molar-refractivity contribution in [3.63, 3.8) is 0 Å². The lowest BCUT2D eigenvalue weighted by Gasteiger charge is -2.24. The van der Waals surface area contributed by atoms with Crippen LogP contribution in [0.25, 0.3) is 11.0 Å². The molecule has 0 unspecified atom stereocenters. The van der Waals surface area contributed by atoms with Gasteiger partial charge in [0.25, 0.3) is 0 Å². The summed E-state index contributed by atoms with van der Waals surface area (Å²) in [6.45, 7) is 8.11. The summed E-state index contributed by atoms with van der Waals surface area (Å²) in [5.74, 6) is 1.64. The van der Waals surface area contributed by atoms with Crippen LogP contribution in [0, 0.1) is 11.7 Å². The first-order valence-electron chi connectivity index (χ1n) is 11.0. The highest BCUT2D eigenvalue weighted by Gasteiger charge is 2.20. The zero-order chi connectivity index (χ0) is 22.4. The first kappa shape index (κ1) is 22.8. The molecular formula is C25H32FN3O2. The molecule has 0 aliphatic rings. The van der Waals surface area contributed by atoms with E-state index in [0.29, 0.717) is 24.5 Å². The van der Waals surface area contributed by atoms with E-state index in [1.165, 1.54) is 6.07 Å². The van der Waals surface area contributed by atoms with Crippen LogP contribution in [0.5, 0.6) is 5.75 Å². The van der Waals surface area contributed by atoms with Crippen LogP contribution in [0.1, 0.15) is 45.0 Å². The molecule has 0 N–H and O–H groups in total. The Morgan fingerprint density at radius 3 is 2.71 bits per heavy atom. The Bertz CT molecular complexity index is 1030. The third kappa shape index (κ3) is 5.63. The summed E-state index contributed by atoms with van der Waals surface area (Å²) in [4.78, 5) is 19.7. The number of amides is 1. The summed E-state index contributed by atoms with van der Waals surface area (Å²) in [5.41, 5.74) is 2.06. The largest absolute Gasteiger partial charge is 0.497 e. The molecule has 0 atom stereocenters. The molecule has 0 bridgehead atoms. The fourth-order valence-corrected chi connectivity index (χ4v) is 3.70. The van der Waals surface area contributed by atoms with Crippen LogP contribution in [0.2, 0.25) is 0 Å². The number of aryl methyl sites for hydroxylation is 1. The fraction of sp³-hybridized carbons (Fsp3) is 0.440. The molecule has 0 saturated heterocycles. The number of benzene rings is 2. The predicted molar refractivity (Wildman–Crippen MR) is 122 cm³/mol. The van der Waals surface area contributed by atoms with Crippen molar-refractivity contribution in [2.45, 2.75) is 53.1 Å². The van der Waals surface area contributed by atoms with Gasteiger partial charge in [0.05, 0.1) is 25.6 Å². The quantitative estimate of drug-likeness (QED) is 0.448. The molecule has 3 aromatic rings. The topological polar surface area (TPSA) is 47.4 Å². The molecule has 0 spiro atoms. The number of carbonyl (C=O) groups excluding carboxylic acids is 1. The van der Waals surface area contributed by atoms with Crippen molar-refractivity contribution in [3.05, 3.63) is 59.7 Å². The molecule has 3 rings (SSSR count). The smallest absolute Gasteiger partial charge is 0.227 e. The summed E-state index contributed by atoms with van der Waals surface area (Å²) >= 11 is 0. The van der Waals surface area contributed by atoms with E-state index in [2.05, 4.69) is 25.8 Å². The van der Waals surface area contributed by atoms with Gasteiger partial charge in [-0.1, -0.05) is 39.0 Å². The van der Waals surface area contributed by atoms with Crippen molar-refractivity contribution in [3.8, 4) is 5.75 Å². The molecule has 1 heterocycles. The Hall–Kier alpha value is -2.89. The summed E-state index contributed by atoms with van der Waals surface area (Å²) in [5, 5.41) is 0. The average Bonchev–Trinajstić information content (AvgIpc) is 3.10. The number of hydrogen-bond acceptors (Lipinski definition) is 3. The van der Waals surface area contributed by atoms with Gasteiger partial charge in [0.1, 0.15) is 17.1 Å². The molecule has 0 fully saturated rings. The number of fused-ring (bicyclic) bond motifs is 1. The van der Waals surface area contributed by atoms with Crippen LogP contribution < -0.4 is 4.74 Å². The van der Waals surface area contributed by atoms with Gasteiger partial charge in [-0.3, -0.25) is 4.79 Å². The molecule has 1 aromatic heterocycles. The van der Waals surface area contributed by atoms with Gasteiger partial charge in [0, 0.05) is 13.1 Å². The second-order valence-corrected chi connectivity index (χ2v) is 8.31. The number of carbonyl (C=O) groups is 1. The molecule has 166 valence electrons. The second kappa shape index (κ2) is 10.4. The van der Waals surface area contributed by atoms with Crippen LogP contribution in [-0.2, 0) is 24.3 Å². The van der Waals surface area contributed by atoms with Gasteiger partial charge in [-0.25, -0.2) is 9.37 Å². The number of rotatable bonds is 10. The number of para-hydroxylation sites is 1. The van der Waals surface area contributed by atoms with Crippen LogP contribution in [0.15, 0.2) is 42.5 Å². The van der Waals surface area contributed by atoms with Crippen molar-refractivity contribution in [2.24, 2.45) is 5.92 Å². The van der Waals surface area contributed by atoms with Gasteiger partial charge in [-0.05, 0) is 48.6 Å². The van der Waals surface area contributed by atoms with Gasteiger partial charge in [-0.2, -0.15) is 0 Å². The van der Waals surface area contributed by atoms with Crippen molar-refractivity contribution in [1.82, 2.24) is 14.5 Å². The molecule has 0 aliphatic carbocycles. The predicted octanol–water partition coefficient (Wildman–Crippen LogP) is 5.21. The molecule has 6 heteroatoms. The lowest BCUT2D eigenvalue weighted by Crippen LogP contribution is -2.34. The Kier molecular flexibility index (Phi) is 7.66. The average molecular weight is 426 g/mol. The number of halogens is 1. The van der Waals surface area contributed by atoms with E-state index in [0.717, 1.165) is 42.0 Å². The normalized spacial score (nSPS) is 11.3. The lowest BCUT2D eigenvalue weighted by molar-refractivity contribution is -0.131. The second-order valence-electron chi connectivity index (χ2n) is 8.31. The number of aromatic nitrogens is 2. The fourth-order valence-electron chi connectivity index (χ4n) is 3.70. The van der Waals surface area contributed by atoms with Crippen molar-refractivity contribution < 1.29 is 13.9 Å². The number of nitrogens with zero attached hydrogens (tertiary/aromatic N) is 3. The van der Waals surface area contributed by atoms with Crippen LogP contribution in [0.3, 0.4) is 0 Å². The Balaban J connectivity index is 1.89. The molecule has 2 aromatic carbocycles. The molecule has 0 radical (unpaired) electrons. The van der Waals surface area contributed by atoms with Crippen LogP contribution in [0.4, 0.5) is 4.39 Å².